The SMILES string of the molecule is C=CC(=O)OCC.CCOC(=O)C1CN(P)CCC1=O.CCOC(=O)CCNP.[H-].[Na+]. The summed E-state index contributed by atoms with van der Waals surface area (Å²) in [6.45, 7) is 11.5. The van der Waals surface area contributed by atoms with E-state index in [9.17, 15) is 19.2 Å². The first-order chi connectivity index (χ1) is 13.8. The summed E-state index contributed by atoms with van der Waals surface area (Å²) in [7, 11) is 4.82. The van der Waals surface area contributed by atoms with Crippen molar-refractivity contribution in [3.63, 3.8) is 0 Å². The van der Waals surface area contributed by atoms with Gasteiger partial charge in [-0.05, 0) is 20.8 Å². The monoisotopic (exact) mass is 476 g/mol. The first-order valence-electron chi connectivity index (χ1n) is 9.34. The number of nitrogens with zero attached hydrogens (tertiary/aromatic N) is 1. The maximum Gasteiger partial charge on any atom is 1.00 e. The standard InChI is InChI=1S/C8H14NO3P.C5H12NO2P.C5H8O2.Na.H/c1-2-12-8(11)6-5-9(13)4-3-7(6)10;1-2-8-5(7)3-4-6-9;1-3-5(6)7-4-2;;/h6H,2-5,13H2,1H3;6H,2-4,9H2,1H3;3H,1,4H2,2H3;;/q;;;+1;-1. The molecule has 1 N–H and O–H groups in total. The predicted octanol–water partition coefficient (Wildman–Crippen LogP) is -1.60. The van der Waals surface area contributed by atoms with Crippen LogP contribution in [0.25, 0.3) is 0 Å². The van der Waals surface area contributed by atoms with E-state index in [1.807, 2.05) is 4.67 Å². The first-order valence-corrected chi connectivity index (χ1v) is 10.4. The Kier molecular flexibility index (Phi) is 26.5. The summed E-state index contributed by atoms with van der Waals surface area (Å²) < 4.78 is 15.8. The smallest absolute Gasteiger partial charge is 1.00 e. The quantitative estimate of drug-likeness (QED) is 0.111. The van der Waals surface area contributed by atoms with Crippen molar-refractivity contribution in [1.82, 2.24) is 9.76 Å². The van der Waals surface area contributed by atoms with E-state index in [2.05, 4.69) is 39.9 Å². The molecule has 0 bridgehead atoms. The van der Waals surface area contributed by atoms with Crippen LogP contribution in [-0.4, -0.2) is 67.8 Å². The van der Waals surface area contributed by atoms with Gasteiger partial charge >= 0.3 is 47.5 Å². The number of ketones is 1. The molecule has 0 saturated carbocycles. The maximum atomic E-state index is 11.3. The van der Waals surface area contributed by atoms with Crippen molar-refractivity contribution in [3.05, 3.63) is 12.7 Å². The van der Waals surface area contributed by atoms with Gasteiger partial charge in [-0.25, -0.2) is 4.79 Å². The van der Waals surface area contributed by atoms with Gasteiger partial charge in [0.25, 0.3) is 0 Å². The molecule has 0 aromatic rings. The van der Waals surface area contributed by atoms with Crippen LogP contribution in [0.3, 0.4) is 0 Å². The van der Waals surface area contributed by atoms with Crippen LogP contribution in [0.5, 0.6) is 0 Å². The van der Waals surface area contributed by atoms with Crippen LogP contribution in [0.15, 0.2) is 12.7 Å². The average molecular weight is 476 g/mol. The maximum absolute atomic E-state index is 11.3. The van der Waals surface area contributed by atoms with Gasteiger partial charge in [-0.3, -0.25) is 19.1 Å². The molecule has 0 aliphatic carbocycles. The molecule has 1 saturated heterocycles. The van der Waals surface area contributed by atoms with Crippen molar-refractivity contribution in [2.45, 2.75) is 33.6 Å². The van der Waals surface area contributed by atoms with Gasteiger partial charge in [-0.15, -0.1) is 0 Å². The van der Waals surface area contributed by atoms with Crippen LogP contribution in [0.4, 0.5) is 0 Å². The normalized spacial score (nSPS) is 15.1. The molecule has 3 unspecified atom stereocenters. The molecule has 12 heteroatoms. The van der Waals surface area contributed by atoms with E-state index in [1.54, 1.807) is 20.8 Å². The molecule has 1 heterocycles. The van der Waals surface area contributed by atoms with Crippen LogP contribution in [-0.2, 0) is 33.4 Å². The number of ether oxygens (including phenoxy) is 3. The van der Waals surface area contributed by atoms with Gasteiger partial charge in [0.15, 0.2) is 0 Å². The Morgan fingerprint density at radius 2 is 1.77 bits per heavy atom. The van der Waals surface area contributed by atoms with Gasteiger partial charge in [-0.1, -0.05) is 25.4 Å². The van der Waals surface area contributed by atoms with E-state index in [0.29, 0.717) is 52.3 Å². The molecule has 0 spiro atoms. The second-order valence-electron chi connectivity index (χ2n) is 5.48. The fourth-order valence-electron chi connectivity index (χ4n) is 1.91. The largest absolute Gasteiger partial charge is 1.00 e. The summed E-state index contributed by atoms with van der Waals surface area (Å²) in [4.78, 5) is 43.2. The van der Waals surface area contributed by atoms with Crippen LogP contribution in [0.1, 0.15) is 35.0 Å². The number of Topliss-reactive ketones (excluding diaryl/α,β-unsaturated/α-hetero) is 1. The molecule has 1 aliphatic heterocycles. The topological polar surface area (TPSA) is 111 Å². The van der Waals surface area contributed by atoms with Crippen molar-refractivity contribution >= 4 is 42.5 Å². The number of hydrogen-bond acceptors (Lipinski definition) is 9. The first kappa shape index (κ1) is 34.2. The molecular formula is C18H35N2NaO7P2. The van der Waals surface area contributed by atoms with Crippen molar-refractivity contribution in [3.8, 4) is 0 Å². The van der Waals surface area contributed by atoms with Gasteiger partial charge in [0.1, 0.15) is 11.7 Å². The zero-order valence-corrected chi connectivity index (χ0v) is 22.8. The van der Waals surface area contributed by atoms with Crippen LogP contribution in [0, 0.1) is 5.92 Å². The second-order valence-corrected chi connectivity index (χ2v) is 6.62. The van der Waals surface area contributed by atoms with Gasteiger partial charge in [0.2, 0.25) is 0 Å². The zero-order chi connectivity index (χ0) is 22.7. The molecule has 0 aromatic heterocycles. The summed E-state index contributed by atoms with van der Waals surface area (Å²) in [5.41, 5.74) is 0. The van der Waals surface area contributed by atoms with E-state index in [1.165, 1.54) is 0 Å². The fraction of sp³-hybridized carbons (Fsp3) is 0.667. The molecule has 3 atom stereocenters. The average Bonchev–Trinajstić information content (AvgIpc) is 2.69. The predicted molar refractivity (Wildman–Crippen MR) is 118 cm³/mol. The summed E-state index contributed by atoms with van der Waals surface area (Å²) in [5, 5.41) is 2.77. The molecule has 1 rings (SSSR count). The van der Waals surface area contributed by atoms with Crippen molar-refractivity contribution in [1.29, 1.82) is 0 Å². The Hall–Kier alpha value is -0.400. The molecule has 0 radical (unpaired) electrons. The summed E-state index contributed by atoms with van der Waals surface area (Å²) in [6, 6.07) is 0. The molecule has 9 nitrogen and oxygen atoms in total. The molecule has 30 heavy (non-hydrogen) atoms. The van der Waals surface area contributed by atoms with Crippen LogP contribution in [0.2, 0.25) is 0 Å². The molecule has 1 aliphatic rings. The second kappa shape index (κ2) is 23.3. The third-order valence-corrected chi connectivity index (χ3v) is 4.01. The fourth-order valence-corrected chi connectivity index (χ4v) is 2.40. The summed E-state index contributed by atoms with van der Waals surface area (Å²) in [6.07, 6.45) is 2.02. The van der Waals surface area contributed by atoms with E-state index >= 15 is 0 Å². The number of carbonyl (C=O) groups excluding carboxylic acids is 4. The van der Waals surface area contributed by atoms with Crippen molar-refractivity contribution in [2.24, 2.45) is 5.92 Å². The van der Waals surface area contributed by atoms with Gasteiger partial charge in [-0.2, -0.15) is 0 Å². The minimum absolute atomic E-state index is 0. The Labute approximate surface area is 207 Å². The van der Waals surface area contributed by atoms with Crippen LogP contribution >= 0.6 is 18.8 Å². The third kappa shape index (κ3) is 19.6. The molecule has 0 amide bonds. The van der Waals surface area contributed by atoms with Crippen molar-refractivity contribution in [2.75, 3.05) is 39.5 Å². The van der Waals surface area contributed by atoms with E-state index in [-0.39, 0.29) is 54.7 Å². The van der Waals surface area contributed by atoms with Gasteiger partial charge in [0, 0.05) is 32.1 Å². The third-order valence-electron chi connectivity index (χ3n) is 3.25. The van der Waals surface area contributed by atoms with E-state index < -0.39 is 5.92 Å². The number of piperidine rings is 1. The molecule has 170 valence electrons. The number of carbonyl (C=O) groups is 4. The summed E-state index contributed by atoms with van der Waals surface area (Å²) >= 11 is 0. The number of nitrogens with one attached hydrogen (secondary N) is 1. The molecule has 1 fully saturated rings. The Bertz CT molecular complexity index is 531. The van der Waals surface area contributed by atoms with Gasteiger partial charge < -0.3 is 20.7 Å². The Morgan fingerprint density at radius 1 is 1.20 bits per heavy atom. The number of hydrogen-bond donors (Lipinski definition) is 1. The molecule has 0 aromatic carbocycles. The minimum atomic E-state index is -0.578. The summed E-state index contributed by atoms with van der Waals surface area (Å²) in [5.74, 6) is -1.47. The minimum Gasteiger partial charge on any atom is -1.00 e. The van der Waals surface area contributed by atoms with Crippen molar-refractivity contribution < 1.29 is 64.4 Å². The Balaban J connectivity index is -0.000000180. The zero-order valence-electron chi connectivity index (χ0n) is 19.5. The van der Waals surface area contributed by atoms with E-state index in [4.69, 9.17) is 4.74 Å². The van der Waals surface area contributed by atoms with E-state index in [0.717, 1.165) is 6.08 Å². The van der Waals surface area contributed by atoms with Gasteiger partial charge in [0.05, 0.1) is 26.2 Å². The van der Waals surface area contributed by atoms with Crippen LogP contribution < -0.4 is 34.6 Å². The number of esters is 3. The number of rotatable bonds is 8. The molecular weight excluding hydrogens is 441 g/mol. The Morgan fingerprint density at radius 3 is 2.20 bits per heavy atom.